The molecular formula is C14H20O2. The molecule has 2 nitrogen and oxygen atoms in total. The normalized spacial score (nSPS) is 15.4. The number of hydrogen-bond donors (Lipinski definition) is 0. The van der Waals surface area contributed by atoms with Gasteiger partial charge in [-0.1, -0.05) is 20.8 Å². The first kappa shape index (κ1) is 12.8. The average molecular weight is 220 g/mol. The van der Waals surface area contributed by atoms with Gasteiger partial charge in [0.05, 0.1) is 12.4 Å². The fourth-order valence-corrected chi connectivity index (χ4v) is 1.33. The number of rotatable bonds is 4. The van der Waals surface area contributed by atoms with Gasteiger partial charge in [0.1, 0.15) is 0 Å². The quantitative estimate of drug-likeness (QED) is 0.536. The summed E-state index contributed by atoms with van der Waals surface area (Å²) in [7, 11) is 0. The van der Waals surface area contributed by atoms with E-state index in [2.05, 4.69) is 26.5 Å². The second-order valence-corrected chi connectivity index (χ2v) is 5.10. The van der Waals surface area contributed by atoms with Crippen LogP contribution in [0.4, 0.5) is 0 Å². The van der Waals surface area contributed by atoms with E-state index in [1.165, 1.54) is 0 Å². The first-order chi connectivity index (χ1) is 7.47. The third kappa shape index (κ3) is 5.57. The first-order valence-electron chi connectivity index (χ1n) is 5.76. The SMILES string of the molecule is CC(C)(C)C=C=CCCOC1=CC(=O)CC1. The summed E-state index contributed by atoms with van der Waals surface area (Å²) in [6.45, 7) is 7.04. The van der Waals surface area contributed by atoms with Crippen LogP contribution in [-0.2, 0) is 9.53 Å². The smallest absolute Gasteiger partial charge is 0.159 e. The number of ether oxygens (including phenoxy) is 1. The van der Waals surface area contributed by atoms with Gasteiger partial charge in [0.25, 0.3) is 0 Å². The molecule has 0 aromatic rings. The maximum absolute atomic E-state index is 10.9. The first-order valence-corrected chi connectivity index (χ1v) is 5.76. The maximum Gasteiger partial charge on any atom is 0.159 e. The molecule has 0 spiro atoms. The maximum atomic E-state index is 10.9. The summed E-state index contributed by atoms with van der Waals surface area (Å²) in [5, 5.41) is 0. The lowest BCUT2D eigenvalue weighted by molar-refractivity contribution is -0.114. The minimum Gasteiger partial charge on any atom is -0.497 e. The van der Waals surface area contributed by atoms with Gasteiger partial charge in [-0.25, -0.2) is 0 Å². The van der Waals surface area contributed by atoms with Crippen molar-refractivity contribution in [1.29, 1.82) is 0 Å². The Kier molecular flexibility index (Phi) is 4.57. The third-order valence-corrected chi connectivity index (χ3v) is 2.12. The molecular weight excluding hydrogens is 200 g/mol. The van der Waals surface area contributed by atoms with Gasteiger partial charge >= 0.3 is 0 Å². The van der Waals surface area contributed by atoms with E-state index in [-0.39, 0.29) is 11.2 Å². The Hall–Kier alpha value is -1.27. The summed E-state index contributed by atoms with van der Waals surface area (Å²) in [5.41, 5.74) is 3.32. The number of carbonyl (C=O) groups is 1. The summed E-state index contributed by atoms with van der Waals surface area (Å²) in [5.74, 6) is 1.01. The molecule has 1 aliphatic rings. The van der Waals surface area contributed by atoms with Crippen LogP contribution >= 0.6 is 0 Å². The van der Waals surface area contributed by atoms with Gasteiger partial charge < -0.3 is 4.74 Å². The van der Waals surface area contributed by atoms with Crippen molar-refractivity contribution in [1.82, 2.24) is 0 Å². The molecule has 1 rings (SSSR count). The Labute approximate surface area is 97.7 Å². The Morgan fingerprint density at radius 2 is 2.19 bits per heavy atom. The van der Waals surface area contributed by atoms with Crippen molar-refractivity contribution in [3.8, 4) is 0 Å². The van der Waals surface area contributed by atoms with E-state index in [1.807, 2.05) is 12.2 Å². The standard InChI is InChI=1S/C14H20O2/c1-14(2,3)9-5-4-6-10-16-13-8-7-12(15)11-13/h4,9,11H,6-8,10H2,1-3H3. The van der Waals surface area contributed by atoms with Crippen LogP contribution in [0.15, 0.2) is 29.7 Å². The van der Waals surface area contributed by atoms with E-state index in [0.717, 1.165) is 18.6 Å². The molecule has 2 heteroatoms. The van der Waals surface area contributed by atoms with Crippen molar-refractivity contribution in [2.24, 2.45) is 5.41 Å². The number of allylic oxidation sites excluding steroid dienone is 2. The molecule has 16 heavy (non-hydrogen) atoms. The summed E-state index contributed by atoms with van der Waals surface area (Å²) in [4.78, 5) is 10.9. The van der Waals surface area contributed by atoms with Crippen LogP contribution in [0.2, 0.25) is 0 Å². The largest absolute Gasteiger partial charge is 0.497 e. The molecule has 0 amide bonds. The Morgan fingerprint density at radius 3 is 2.75 bits per heavy atom. The molecule has 0 aliphatic heterocycles. The molecule has 1 aliphatic carbocycles. The second kappa shape index (κ2) is 5.72. The molecule has 0 saturated heterocycles. The molecule has 0 N–H and O–H groups in total. The lowest BCUT2D eigenvalue weighted by Gasteiger charge is -2.08. The molecule has 0 saturated carbocycles. The van der Waals surface area contributed by atoms with Gasteiger partial charge in [0, 0.05) is 25.3 Å². The van der Waals surface area contributed by atoms with E-state index in [0.29, 0.717) is 13.0 Å². The van der Waals surface area contributed by atoms with Gasteiger partial charge in [0.15, 0.2) is 5.78 Å². The number of hydrogen-bond acceptors (Lipinski definition) is 2. The molecule has 0 fully saturated rings. The minimum absolute atomic E-state index is 0.178. The number of ketones is 1. The zero-order chi connectivity index (χ0) is 12.0. The highest BCUT2D eigenvalue weighted by Gasteiger charge is 2.12. The van der Waals surface area contributed by atoms with Gasteiger partial charge in [-0.3, -0.25) is 4.79 Å². The highest BCUT2D eigenvalue weighted by atomic mass is 16.5. The van der Waals surface area contributed by atoms with Crippen molar-refractivity contribution >= 4 is 5.78 Å². The van der Waals surface area contributed by atoms with Gasteiger partial charge in [0.2, 0.25) is 0 Å². The average Bonchev–Trinajstić information content (AvgIpc) is 2.56. The summed E-state index contributed by atoms with van der Waals surface area (Å²) < 4.78 is 5.46. The summed E-state index contributed by atoms with van der Waals surface area (Å²) >= 11 is 0. The van der Waals surface area contributed by atoms with Crippen LogP contribution < -0.4 is 0 Å². The molecule has 0 bridgehead atoms. The topological polar surface area (TPSA) is 26.3 Å². The van der Waals surface area contributed by atoms with Crippen LogP contribution in [0.3, 0.4) is 0 Å². The second-order valence-electron chi connectivity index (χ2n) is 5.10. The zero-order valence-corrected chi connectivity index (χ0v) is 10.4. The fraction of sp³-hybridized carbons (Fsp3) is 0.571. The summed E-state index contributed by atoms with van der Waals surface area (Å²) in [6.07, 6.45) is 7.83. The van der Waals surface area contributed by atoms with E-state index in [1.54, 1.807) is 6.08 Å². The van der Waals surface area contributed by atoms with Crippen molar-refractivity contribution in [2.45, 2.75) is 40.0 Å². The van der Waals surface area contributed by atoms with Crippen LogP contribution in [0, 0.1) is 5.41 Å². The lowest BCUT2D eigenvalue weighted by atomic mass is 9.97. The molecule has 88 valence electrons. The fourth-order valence-electron chi connectivity index (χ4n) is 1.33. The minimum atomic E-state index is 0.178. The van der Waals surface area contributed by atoms with Crippen LogP contribution in [0.25, 0.3) is 0 Å². The van der Waals surface area contributed by atoms with Gasteiger partial charge in [-0.05, 0) is 17.6 Å². The van der Waals surface area contributed by atoms with Crippen LogP contribution in [0.1, 0.15) is 40.0 Å². The summed E-state index contributed by atoms with van der Waals surface area (Å²) in [6, 6.07) is 0. The molecule has 0 aromatic heterocycles. The monoisotopic (exact) mass is 220 g/mol. The van der Waals surface area contributed by atoms with Gasteiger partial charge in [-0.15, -0.1) is 5.73 Å². The Balaban J connectivity index is 2.20. The van der Waals surface area contributed by atoms with E-state index in [9.17, 15) is 4.79 Å². The van der Waals surface area contributed by atoms with Crippen molar-refractivity contribution in [3.63, 3.8) is 0 Å². The zero-order valence-electron chi connectivity index (χ0n) is 10.4. The molecule has 0 aromatic carbocycles. The van der Waals surface area contributed by atoms with Gasteiger partial charge in [-0.2, -0.15) is 0 Å². The third-order valence-electron chi connectivity index (χ3n) is 2.12. The molecule has 0 radical (unpaired) electrons. The van der Waals surface area contributed by atoms with Crippen molar-refractivity contribution in [3.05, 3.63) is 29.7 Å². The van der Waals surface area contributed by atoms with E-state index >= 15 is 0 Å². The van der Waals surface area contributed by atoms with E-state index in [4.69, 9.17) is 4.74 Å². The lowest BCUT2D eigenvalue weighted by Crippen LogP contribution is -1.97. The molecule has 0 atom stereocenters. The van der Waals surface area contributed by atoms with Crippen LogP contribution in [0.5, 0.6) is 0 Å². The Bertz CT molecular complexity index is 336. The number of carbonyl (C=O) groups excluding carboxylic acids is 1. The predicted molar refractivity (Wildman–Crippen MR) is 65.0 cm³/mol. The van der Waals surface area contributed by atoms with Crippen molar-refractivity contribution < 1.29 is 9.53 Å². The molecule has 0 unspecified atom stereocenters. The molecule has 0 heterocycles. The van der Waals surface area contributed by atoms with E-state index < -0.39 is 0 Å². The van der Waals surface area contributed by atoms with Crippen molar-refractivity contribution in [2.75, 3.05) is 6.61 Å². The van der Waals surface area contributed by atoms with Crippen LogP contribution in [-0.4, -0.2) is 12.4 Å². The highest BCUT2D eigenvalue weighted by Crippen LogP contribution is 2.16. The highest BCUT2D eigenvalue weighted by molar-refractivity contribution is 5.92. The predicted octanol–water partition coefficient (Wildman–Crippen LogP) is 3.40. The Morgan fingerprint density at radius 1 is 1.44 bits per heavy atom.